The minimum absolute atomic E-state index is 0.329. The molecule has 0 saturated carbocycles. The Hall–Kier alpha value is -0.900. The van der Waals surface area contributed by atoms with Crippen molar-refractivity contribution in [3.8, 4) is 0 Å². The molecule has 0 aromatic heterocycles. The molecule has 1 aliphatic heterocycles. The number of hydrogen-bond acceptors (Lipinski definition) is 3. The van der Waals surface area contributed by atoms with Gasteiger partial charge in [-0.3, -0.25) is 4.90 Å². The fourth-order valence-corrected chi connectivity index (χ4v) is 2.77. The molecule has 3 heteroatoms. The predicted molar refractivity (Wildman–Crippen MR) is 74.5 cm³/mol. The first-order valence-electron chi connectivity index (χ1n) is 6.83. The third kappa shape index (κ3) is 3.55. The van der Waals surface area contributed by atoms with Gasteiger partial charge in [0, 0.05) is 19.6 Å². The Labute approximate surface area is 110 Å². The van der Waals surface area contributed by atoms with Gasteiger partial charge in [-0.2, -0.15) is 0 Å². The Morgan fingerprint density at radius 3 is 2.39 bits per heavy atom. The molecule has 0 bridgehead atoms. The Bertz CT molecular complexity index is 371. The molecule has 1 heterocycles. The quantitative estimate of drug-likeness (QED) is 0.883. The van der Waals surface area contributed by atoms with Gasteiger partial charge in [-0.15, -0.1) is 0 Å². The van der Waals surface area contributed by atoms with Crippen molar-refractivity contribution in [1.82, 2.24) is 4.90 Å². The number of ether oxygens (including phenoxy) is 1. The zero-order valence-corrected chi connectivity index (χ0v) is 11.4. The molecule has 3 nitrogen and oxygen atoms in total. The highest BCUT2D eigenvalue weighted by molar-refractivity contribution is 5.27. The summed E-state index contributed by atoms with van der Waals surface area (Å²) < 4.78 is 5.77. The van der Waals surface area contributed by atoms with Crippen LogP contribution in [0, 0.1) is 0 Å². The molecule has 0 amide bonds. The smallest absolute Gasteiger partial charge is 0.0678 e. The van der Waals surface area contributed by atoms with Crippen molar-refractivity contribution in [2.45, 2.75) is 39.0 Å². The van der Waals surface area contributed by atoms with Gasteiger partial charge in [-0.25, -0.2) is 0 Å². The standard InChI is InChI=1S/C15H24N2O/c1-12-9-17(10-13(2)18-12)11-15-6-4-3-5-14(15)7-8-16/h3-6,12-13H,7-11,16H2,1-2H3/t12-,13+. The fourth-order valence-electron chi connectivity index (χ4n) is 2.77. The molecule has 1 fully saturated rings. The molecule has 18 heavy (non-hydrogen) atoms. The maximum Gasteiger partial charge on any atom is 0.0678 e. The van der Waals surface area contributed by atoms with Crippen LogP contribution in [0.5, 0.6) is 0 Å². The van der Waals surface area contributed by atoms with Crippen molar-refractivity contribution in [3.05, 3.63) is 35.4 Å². The van der Waals surface area contributed by atoms with Crippen LogP contribution in [-0.2, 0) is 17.7 Å². The third-order valence-corrected chi connectivity index (χ3v) is 3.42. The molecule has 2 N–H and O–H groups in total. The van der Waals surface area contributed by atoms with Gasteiger partial charge >= 0.3 is 0 Å². The Kier molecular flexibility index (Phi) is 4.75. The van der Waals surface area contributed by atoms with Crippen molar-refractivity contribution in [2.75, 3.05) is 19.6 Å². The second kappa shape index (κ2) is 6.32. The minimum Gasteiger partial charge on any atom is -0.373 e. The number of rotatable bonds is 4. The van der Waals surface area contributed by atoms with E-state index in [9.17, 15) is 0 Å². The second-order valence-electron chi connectivity index (χ2n) is 5.26. The molecule has 100 valence electrons. The van der Waals surface area contributed by atoms with E-state index < -0.39 is 0 Å². The van der Waals surface area contributed by atoms with Gasteiger partial charge in [-0.05, 0) is 37.9 Å². The number of hydrogen-bond donors (Lipinski definition) is 1. The lowest BCUT2D eigenvalue weighted by atomic mass is 10.0. The maximum absolute atomic E-state index is 5.77. The molecule has 0 spiro atoms. The zero-order chi connectivity index (χ0) is 13.0. The summed E-state index contributed by atoms with van der Waals surface area (Å²) in [5.74, 6) is 0. The SMILES string of the molecule is C[C@@H]1CN(Cc2ccccc2CCN)C[C@H](C)O1. The van der Waals surface area contributed by atoms with Gasteiger partial charge in [0.1, 0.15) is 0 Å². The first-order chi connectivity index (χ1) is 8.69. The zero-order valence-electron chi connectivity index (χ0n) is 11.4. The predicted octanol–water partition coefficient (Wildman–Crippen LogP) is 1.80. The third-order valence-electron chi connectivity index (χ3n) is 3.42. The number of morpholine rings is 1. The van der Waals surface area contributed by atoms with E-state index in [1.54, 1.807) is 0 Å². The Morgan fingerprint density at radius 2 is 1.78 bits per heavy atom. The minimum atomic E-state index is 0.329. The van der Waals surface area contributed by atoms with Crippen molar-refractivity contribution in [1.29, 1.82) is 0 Å². The van der Waals surface area contributed by atoms with Crippen molar-refractivity contribution in [2.24, 2.45) is 5.73 Å². The van der Waals surface area contributed by atoms with Crippen molar-refractivity contribution in [3.63, 3.8) is 0 Å². The molecular weight excluding hydrogens is 224 g/mol. The molecule has 1 aromatic rings. The van der Waals surface area contributed by atoms with Gasteiger partial charge in [0.2, 0.25) is 0 Å². The van der Waals surface area contributed by atoms with E-state index in [4.69, 9.17) is 10.5 Å². The number of nitrogens with two attached hydrogens (primary N) is 1. The van der Waals surface area contributed by atoms with Crippen LogP contribution >= 0.6 is 0 Å². The molecule has 1 saturated heterocycles. The second-order valence-corrected chi connectivity index (χ2v) is 5.26. The molecule has 2 rings (SSSR count). The summed E-state index contributed by atoms with van der Waals surface area (Å²) in [4.78, 5) is 2.48. The van der Waals surface area contributed by atoms with Gasteiger partial charge in [-0.1, -0.05) is 24.3 Å². The largest absolute Gasteiger partial charge is 0.373 e. The van der Waals surface area contributed by atoms with Crippen LogP contribution in [-0.4, -0.2) is 36.7 Å². The highest BCUT2D eigenvalue weighted by Gasteiger charge is 2.22. The van der Waals surface area contributed by atoms with E-state index in [1.807, 2.05) is 0 Å². The summed E-state index contributed by atoms with van der Waals surface area (Å²) in [5.41, 5.74) is 8.46. The molecule has 0 aliphatic carbocycles. The van der Waals surface area contributed by atoms with E-state index in [0.29, 0.717) is 18.8 Å². The van der Waals surface area contributed by atoms with E-state index in [1.165, 1.54) is 11.1 Å². The average molecular weight is 248 g/mol. The molecule has 1 aromatic carbocycles. The van der Waals surface area contributed by atoms with Crippen LogP contribution < -0.4 is 5.73 Å². The summed E-state index contributed by atoms with van der Waals surface area (Å²) in [7, 11) is 0. The molecule has 0 radical (unpaired) electrons. The normalized spacial score (nSPS) is 25.3. The summed E-state index contributed by atoms with van der Waals surface area (Å²) in [6.45, 7) is 8.05. The van der Waals surface area contributed by atoms with Gasteiger partial charge in [0.25, 0.3) is 0 Å². The van der Waals surface area contributed by atoms with Crippen LogP contribution in [0.25, 0.3) is 0 Å². The lowest BCUT2D eigenvalue weighted by molar-refractivity contribution is -0.0705. The van der Waals surface area contributed by atoms with E-state index >= 15 is 0 Å². The van der Waals surface area contributed by atoms with Crippen LogP contribution in [0.4, 0.5) is 0 Å². The Morgan fingerprint density at radius 1 is 1.17 bits per heavy atom. The first-order valence-corrected chi connectivity index (χ1v) is 6.83. The van der Waals surface area contributed by atoms with E-state index in [0.717, 1.165) is 26.1 Å². The lowest BCUT2D eigenvalue weighted by Crippen LogP contribution is -2.44. The monoisotopic (exact) mass is 248 g/mol. The highest BCUT2D eigenvalue weighted by Crippen LogP contribution is 2.17. The molecule has 1 aliphatic rings. The van der Waals surface area contributed by atoms with Gasteiger partial charge in [0.15, 0.2) is 0 Å². The van der Waals surface area contributed by atoms with Crippen LogP contribution in [0.2, 0.25) is 0 Å². The van der Waals surface area contributed by atoms with Crippen molar-refractivity contribution >= 4 is 0 Å². The number of nitrogens with zero attached hydrogens (tertiary/aromatic N) is 1. The van der Waals surface area contributed by atoms with Crippen molar-refractivity contribution < 1.29 is 4.74 Å². The van der Waals surface area contributed by atoms with Crippen LogP contribution in [0.15, 0.2) is 24.3 Å². The van der Waals surface area contributed by atoms with Crippen LogP contribution in [0.1, 0.15) is 25.0 Å². The topological polar surface area (TPSA) is 38.5 Å². The summed E-state index contributed by atoms with van der Waals surface area (Å²) >= 11 is 0. The highest BCUT2D eigenvalue weighted by atomic mass is 16.5. The first kappa shape index (κ1) is 13.5. The molecule has 0 unspecified atom stereocenters. The summed E-state index contributed by atoms with van der Waals surface area (Å²) in [6.07, 6.45) is 1.62. The molecular formula is C15H24N2O. The average Bonchev–Trinajstić information content (AvgIpc) is 2.30. The van der Waals surface area contributed by atoms with Gasteiger partial charge in [0.05, 0.1) is 12.2 Å². The van der Waals surface area contributed by atoms with E-state index in [-0.39, 0.29) is 0 Å². The Balaban J connectivity index is 2.04. The van der Waals surface area contributed by atoms with E-state index in [2.05, 4.69) is 43.0 Å². The summed E-state index contributed by atoms with van der Waals surface area (Å²) in [6, 6.07) is 8.62. The maximum atomic E-state index is 5.77. The summed E-state index contributed by atoms with van der Waals surface area (Å²) in [5, 5.41) is 0. The van der Waals surface area contributed by atoms with Crippen LogP contribution in [0.3, 0.4) is 0 Å². The number of benzene rings is 1. The fraction of sp³-hybridized carbons (Fsp3) is 0.600. The lowest BCUT2D eigenvalue weighted by Gasteiger charge is -2.35. The van der Waals surface area contributed by atoms with Gasteiger partial charge < -0.3 is 10.5 Å². The molecule has 2 atom stereocenters.